The van der Waals surface area contributed by atoms with Crippen LogP contribution in [0.1, 0.15) is 31.1 Å². The summed E-state index contributed by atoms with van der Waals surface area (Å²) >= 11 is 0. The van der Waals surface area contributed by atoms with Crippen LogP contribution >= 0.6 is 0 Å². The molecule has 0 fully saturated rings. The van der Waals surface area contributed by atoms with Crippen LogP contribution in [0, 0.1) is 0 Å². The first-order valence-electron chi connectivity index (χ1n) is 12.6. The smallest absolute Gasteiger partial charge is 0.407 e. The summed E-state index contributed by atoms with van der Waals surface area (Å²) in [5.41, 5.74) is 0.474. The Kier molecular flexibility index (Phi) is 8.57. The van der Waals surface area contributed by atoms with Gasteiger partial charge in [-0.15, -0.1) is 0 Å². The van der Waals surface area contributed by atoms with E-state index in [4.69, 9.17) is 14.2 Å². The zero-order chi connectivity index (χ0) is 28.7. The van der Waals surface area contributed by atoms with Gasteiger partial charge in [0.15, 0.2) is 11.6 Å². The van der Waals surface area contributed by atoms with Crippen molar-refractivity contribution in [2.24, 2.45) is 0 Å². The van der Waals surface area contributed by atoms with Crippen LogP contribution in [0.2, 0.25) is 0 Å². The zero-order valence-corrected chi connectivity index (χ0v) is 22.4. The van der Waals surface area contributed by atoms with Crippen LogP contribution in [-0.2, 0) is 4.74 Å². The van der Waals surface area contributed by atoms with Crippen molar-refractivity contribution in [3.8, 4) is 11.5 Å². The van der Waals surface area contributed by atoms with Crippen molar-refractivity contribution in [1.82, 2.24) is 10.3 Å². The number of fused-ring (bicyclic) bond motifs is 1. The molecular formula is C28H31N5O7. The van der Waals surface area contributed by atoms with Crippen LogP contribution in [0.4, 0.5) is 32.6 Å². The lowest BCUT2D eigenvalue weighted by molar-refractivity contribution is 0.0520. The minimum Gasteiger partial charge on any atom is -0.490 e. The van der Waals surface area contributed by atoms with Gasteiger partial charge in [0.2, 0.25) is 0 Å². The van der Waals surface area contributed by atoms with Crippen molar-refractivity contribution in [3.05, 3.63) is 66.2 Å². The Balaban J connectivity index is 1.49. The molecule has 1 aliphatic heterocycles. The van der Waals surface area contributed by atoms with E-state index in [1.807, 2.05) is 18.2 Å². The van der Waals surface area contributed by atoms with Gasteiger partial charge in [-0.25, -0.2) is 19.4 Å². The monoisotopic (exact) mass is 549 g/mol. The number of para-hydroxylation sites is 1. The molecule has 1 aromatic heterocycles. The van der Waals surface area contributed by atoms with E-state index in [1.165, 1.54) is 17.0 Å². The summed E-state index contributed by atoms with van der Waals surface area (Å²) in [5.74, 6) is 0.274. The summed E-state index contributed by atoms with van der Waals surface area (Å²) in [6.07, 6.45) is -0.588. The molecule has 0 saturated carbocycles. The lowest BCUT2D eigenvalue weighted by Gasteiger charge is -2.29. The highest BCUT2D eigenvalue weighted by Crippen LogP contribution is 2.34. The van der Waals surface area contributed by atoms with Gasteiger partial charge in [0, 0.05) is 5.69 Å². The van der Waals surface area contributed by atoms with Gasteiger partial charge in [-0.1, -0.05) is 18.2 Å². The van der Waals surface area contributed by atoms with Crippen molar-refractivity contribution in [3.63, 3.8) is 0 Å². The van der Waals surface area contributed by atoms with E-state index in [0.29, 0.717) is 41.9 Å². The maximum atomic E-state index is 13.0. The lowest BCUT2D eigenvalue weighted by atomic mass is 10.2. The van der Waals surface area contributed by atoms with Crippen LogP contribution in [0.15, 0.2) is 60.7 Å². The van der Waals surface area contributed by atoms with Crippen LogP contribution < -0.4 is 30.3 Å². The Hall–Kier alpha value is -5.00. The number of carbonyl (C=O) groups is 3. The standard InChI is InChI=1S/C28H31N5O7/c1-28(2,3)40-27(37)29-13-15-38-22-17-18(25(34)35)9-10-20(22)31-23-12-11-21-24(32-23)33(14-16-39-21)26(36)30-19-7-5-4-6-8-19/h4-12,17H,13-16H2,1-3H3,(H,29,37)(H,30,36)(H,31,32)(H,34,35). The molecule has 40 heavy (non-hydrogen) atoms. The highest BCUT2D eigenvalue weighted by atomic mass is 16.6. The van der Waals surface area contributed by atoms with E-state index in [2.05, 4.69) is 20.9 Å². The predicted molar refractivity (Wildman–Crippen MR) is 149 cm³/mol. The molecule has 3 amide bonds. The van der Waals surface area contributed by atoms with E-state index in [9.17, 15) is 19.5 Å². The molecule has 0 bridgehead atoms. The average molecular weight is 550 g/mol. The summed E-state index contributed by atoms with van der Waals surface area (Å²) in [5, 5.41) is 18.0. The molecule has 0 aliphatic carbocycles. The number of carboxylic acid groups (broad SMARTS) is 1. The molecule has 210 valence electrons. The molecule has 12 heteroatoms. The number of pyridine rings is 1. The number of ether oxygens (including phenoxy) is 3. The fourth-order valence-corrected chi connectivity index (χ4v) is 3.72. The molecule has 0 saturated heterocycles. The van der Waals surface area contributed by atoms with Gasteiger partial charge in [-0.05, 0) is 63.2 Å². The largest absolute Gasteiger partial charge is 0.490 e. The fraction of sp³-hybridized carbons (Fsp3) is 0.286. The third kappa shape index (κ3) is 7.53. The summed E-state index contributed by atoms with van der Waals surface area (Å²) in [6, 6.07) is 16.5. The number of alkyl carbamates (subject to hydrolysis) is 1. The third-order valence-corrected chi connectivity index (χ3v) is 5.46. The average Bonchev–Trinajstić information content (AvgIpc) is 2.91. The van der Waals surface area contributed by atoms with E-state index in [-0.39, 0.29) is 30.5 Å². The first kappa shape index (κ1) is 28.0. The molecular weight excluding hydrogens is 518 g/mol. The first-order chi connectivity index (χ1) is 19.1. The van der Waals surface area contributed by atoms with Crippen molar-refractivity contribution >= 4 is 41.1 Å². The van der Waals surface area contributed by atoms with Crippen LogP contribution in [-0.4, -0.2) is 60.1 Å². The van der Waals surface area contributed by atoms with Gasteiger partial charge in [-0.3, -0.25) is 4.90 Å². The molecule has 12 nitrogen and oxygen atoms in total. The topological polar surface area (TPSA) is 151 Å². The Morgan fingerprint density at radius 2 is 1.85 bits per heavy atom. The van der Waals surface area contributed by atoms with Crippen molar-refractivity contribution in [2.45, 2.75) is 26.4 Å². The number of carbonyl (C=O) groups excluding carboxylic acids is 2. The van der Waals surface area contributed by atoms with Crippen LogP contribution in [0.3, 0.4) is 0 Å². The summed E-state index contributed by atoms with van der Waals surface area (Å²) in [7, 11) is 0. The molecule has 0 atom stereocenters. The van der Waals surface area contributed by atoms with E-state index in [0.717, 1.165) is 0 Å². The van der Waals surface area contributed by atoms with Gasteiger partial charge in [0.25, 0.3) is 0 Å². The highest BCUT2D eigenvalue weighted by Gasteiger charge is 2.26. The Morgan fingerprint density at radius 1 is 1.07 bits per heavy atom. The second-order valence-electron chi connectivity index (χ2n) is 9.73. The number of urea groups is 1. The summed E-state index contributed by atoms with van der Waals surface area (Å²) in [6.45, 7) is 6.07. The molecule has 0 unspecified atom stereocenters. The van der Waals surface area contributed by atoms with E-state index < -0.39 is 17.7 Å². The van der Waals surface area contributed by atoms with Gasteiger partial charge < -0.3 is 35.3 Å². The van der Waals surface area contributed by atoms with E-state index >= 15 is 0 Å². The zero-order valence-electron chi connectivity index (χ0n) is 22.4. The second kappa shape index (κ2) is 12.2. The number of anilines is 4. The van der Waals surface area contributed by atoms with Gasteiger partial charge in [-0.2, -0.15) is 0 Å². The number of carboxylic acids is 1. The summed E-state index contributed by atoms with van der Waals surface area (Å²) in [4.78, 5) is 42.5. The number of aromatic nitrogens is 1. The number of amides is 3. The second-order valence-corrected chi connectivity index (χ2v) is 9.73. The van der Waals surface area contributed by atoms with Crippen molar-refractivity contribution in [1.29, 1.82) is 0 Å². The van der Waals surface area contributed by atoms with Gasteiger partial charge in [0.05, 0.1) is 24.3 Å². The normalized spacial score (nSPS) is 12.4. The fourth-order valence-electron chi connectivity index (χ4n) is 3.72. The molecule has 2 aromatic carbocycles. The molecule has 4 N–H and O–H groups in total. The number of hydrogen-bond acceptors (Lipinski definition) is 8. The number of nitrogens with zero attached hydrogens (tertiary/aromatic N) is 2. The van der Waals surface area contributed by atoms with Gasteiger partial charge >= 0.3 is 18.1 Å². The molecule has 4 rings (SSSR count). The molecule has 1 aliphatic rings. The lowest BCUT2D eigenvalue weighted by Crippen LogP contribution is -2.41. The Morgan fingerprint density at radius 3 is 2.58 bits per heavy atom. The number of benzene rings is 2. The van der Waals surface area contributed by atoms with Crippen LogP contribution in [0.5, 0.6) is 11.5 Å². The highest BCUT2D eigenvalue weighted by molar-refractivity contribution is 6.02. The molecule has 2 heterocycles. The summed E-state index contributed by atoms with van der Waals surface area (Å²) < 4.78 is 16.7. The quantitative estimate of drug-likeness (QED) is 0.289. The van der Waals surface area contributed by atoms with Crippen molar-refractivity contribution < 1.29 is 33.7 Å². The molecule has 3 aromatic rings. The number of rotatable bonds is 8. The van der Waals surface area contributed by atoms with Crippen molar-refractivity contribution in [2.75, 3.05) is 41.8 Å². The SMILES string of the molecule is CC(C)(C)OC(=O)NCCOc1cc(C(=O)O)ccc1Nc1ccc2c(n1)N(C(=O)Nc1ccccc1)CCO2. The van der Waals surface area contributed by atoms with Gasteiger partial charge in [0.1, 0.15) is 30.4 Å². The molecule has 0 spiro atoms. The third-order valence-electron chi connectivity index (χ3n) is 5.46. The molecule has 0 radical (unpaired) electrons. The van der Waals surface area contributed by atoms with Crippen LogP contribution in [0.25, 0.3) is 0 Å². The Labute approximate surface area is 231 Å². The number of hydrogen-bond donors (Lipinski definition) is 4. The van der Waals surface area contributed by atoms with E-state index in [1.54, 1.807) is 51.1 Å². The predicted octanol–water partition coefficient (Wildman–Crippen LogP) is 4.86. The minimum absolute atomic E-state index is 0.0243. The first-order valence-corrected chi connectivity index (χ1v) is 12.6. The maximum Gasteiger partial charge on any atom is 0.407 e. The number of aromatic carboxylic acids is 1. The maximum absolute atomic E-state index is 13.0. The Bertz CT molecular complexity index is 1380. The minimum atomic E-state index is -1.12. The number of nitrogens with one attached hydrogen (secondary N) is 3.